The first-order valence-corrected chi connectivity index (χ1v) is 6.53. The number of nitrogens with zero attached hydrogens (tertiary/aromatic N) is 2. The van der Waals surface area contributed by atoms with Gasteiger partial charge in [0.25, 0.3) is 0 Å². The molecular formula is C13H11N3O3S. The van der Waals surface area contributed by atoms with Crippen molar-refractivity contribution in [3.63, 3.8) is 0 Å². The minimum atomic E-state index is -1.11. The summed E-state index contributed by atoms with van der Waals surface area (Å²) >= 11 is 1.50. The molecular weight excluding hydrogens is 278 g/mol. The van der Waals surface area contributed by atoms with Crippen molar-refractivity contribution >= 4 is 35.0 Å². The third-order valence-corrected chi connectivity index (χ3v) is 3.08. The van der Waals surface area contributed by atoms with E-state index < -0.39 is 5.97 Å². The van der Waals surface area contributed by atoms with Gasteiger partial charge in [0, 0.05) is 11.5 Å². The highest BCUT2D eigenvalue weighted by Crippen LogP contribution is 2.10. The Hall–Kier alpha value is -2.54. The van der Waals surface area contributed by atoms with Crippen LogP contribution in [0.15, 0.2) is 29.8 Å². The average molecular weight is 289 g/mol. The quantitative estimate of drug-likeness (QED) is 0.842. The molecule has 2 aromatic heterocycles. The van der Waals surface area contributed by atoms with Gasteiger partial charge in [0.05, 0.1) is 22.6 Å². The largest absolute Gasteiger partial charge is 0.477 e. The van der Waals surface area contributed by atoms with Crippen molar-refractivity contribution in [3.8, 4) is 0 Å². The van der Waals surface area contributed by atoms with Gasteiger partial charge in [0.2, 0.25) is 5.91 Å². The third kappa shape index (κ3) is 3.72. The average Bonchev–Trinajstić information content (AvgIpc) is 2.83. The Labute approximate surface area is 118 Å². The van der Waals surface area contributed by atoms with Gasteiger partial charge in [-0.25, -0.2) is 14.8 Å². The second-order valence-corrected chi connectivity index (χ2v) is 4.91. The van der Waals surface area contributed by atoms with E-state index in [0.29, 0.717) is 5.69 Å². The van der Waals surface area contributed by atoms with Crippen LogP contribution in [0.1, 0.15) is 21.2 Å². The van der Waals surface area contributed by atoms with Crippen molar-refractivity contribution in [2.75, 3.05) is 5.32 Å². The second kappa shape index (κ2) is 6.07. The van der Waals surface area contributed by atoms with Crippen molar-refractivity contribution in [2.45, 2.75) is 6.92 Å². The molecule has 2 heterocycles. The number of aromatic nitrogens is 2. The Kier molecular flexibility index (Phi) is 4.21. The summed E-state index contributed by atoms with van der Waals surface area (Å²) in [6, 6.07) is 2.81. The predicted molar refractivity (Wildman–Crippen MR) is 75.7 cm³/mol. The molecule has 0 fully saturated rings. The molecule has 0 spiro atoms. The van der Waals surface area contributed by atoms with Crippen LogP contribution >= 0.6 is 11.3 Å². The zero-order valence-electron chi connectivity index (χ0n) is 10.5. The molecule has 0 aromatic carbocycles. The van der Waals surface area contributed by atoms with Crippen LogP contribution in [0.5, 0.6) is 0 Å². The van der Waals surface area contributed by atoms with E-state index in [1.807, 2.05) is 12.3 Å². The van der Waals surface area contributed by atoms with Crippen LogP contribution in [-0.2, 0) is 4.79 Å². The zero-order chi connectivity index (χ0) is 14.5. The van der Waals surface area contributed by atoms with E-state index >= 15 is 0 Å². The van der Waals surface area contributed by atoms with Crippen LogP contribution in [0.25, 0.3) is 6.08 Å². The summed E-state index contributed by atoms with van der Waals surface area (Å²) in [5.41, 5.74) is 1.08. The summed E-state index contributed by atoms with van der Waals surface area (Å²) in [7, 11) is 0. The number of rotatable bonds is 4. The van der Waals surface area contributed by atoms with Crippen LogP contribution < -0.4 is 5.32 Å². The maximum atomic E-state index is 11.6. The number of amides is 1. The standard InChI is InChI=1S/C13H11N3O3S/c1-8-15-10(7-20-8)3-5-12(17)16-9-2-4-11(13(18)19)14-6-9/h2-7H,1H3,(H,16,17)(H,18,19)/b5-3+. The van der Waals surface area contributed by atoms with Gasteiger partial charge in [-0.15, -0.1) is 11.3 Å². The topological polar surface area (TPSA) is 92.2 Å². The normalized spacial score (nSPS) is 10.7. The number of aryl methyl sites for hydroxylation is 1. The van der Waals surface area contributed by atoms with Gasteiger partial charge in [-0.3, -0.25) is 4.79 Å². The lowest BCUT2D eigenvalue weighted by Gasteiger charge is -2.01. The zero-order valence-corrected chi connectivity index (χ0v) is 11.3. The number of aromatic carboxylic acids is 1. The van der Waals surface area contributed by atoms with Gasteiger partial charge in [0.15, 0.2) is 0 Å². The molecule has 0 bridgehead atoms. The first-order valence-electron chi connectivity index (χ1n) is 5.65. The summed E-state index contributed by atoms with van der Waals surface area (Å²) < 4.78 is 0. The van der Waals surface area contributed by atoms with Gasteiger partial charge in [-0.1, -0.05) is 0 Å². The fourth-order valence-corrected chi connectivity index (χ4v) is 1.98. The summed E-state index contributed by atoms with van der Waals surface area (Å²) in [6.45, 7) is 1.89. The lowest BCUT2D eigenvalue weighted by Crippen LogP contribution is -2.09. The van der Waals surface area contributed by atoms with Gasteiger partial charge in [-0.05, 0) is 25.1 Å². The molecule has 0 aliphatic rings. The van der Waals surface area contributed by atoms with Crippen LogP contribution in [0.4, 0.5) is 5.69 Å². The maximum absolute atomic E-state index is 11.6. The fourth-order valence-electron chi connectivity index (χ4n) is 1.40. The molecule has 0 unspecified atom stereocenters. The summed E-state index contributed by atoms with van der Waals surface area (Å²) in [6.07, 6.45) is 4.26. The van der Waals surface area contributed by atoms with E-state index in [0.717, 1.165) is 10.7 Å². The number of pyridine rings is 1. The monoisotopic (exact) mass is 289 g/mol. The number of carbonyl (C=O) groups is 2. The lowest BCUT2D eigenvalue weighted by atomic mass is 10.3. The van der Waals surface area contributed by atoms with Gasteiger partial charge in [0.1, 0.15) is 5.69 Å². The van der Waals surface area contributed by atoms with Crippen molar-refractivity contribution in [1.29, 1.82) is 0 Å². The molecule has 6 nitrogen and oxygen atoms in total. The Morgan fingerprint density at radius 3 is 2.75 bits per heavy atom. The summed E-state index contributed by atoms with van der Waals surface area (Å²) in [4.78, 5) is 30.2. The number of hydrogen-bond donors (Lipinski definition) is 2. The van der Waals surface area contributed by atoms with Gasteiger partial charge < -0.3 is 10.4 Å². The first kappa shape index (κ1) is 13.9. The maximum Gasteiger partial charge on any atom is 0.354 e. The predicted octanol–water partition coefficient (Wildman–Crippen LogP) is 2.20. The molecule has 7 heteroatoms. The Morgan fingerprint density at radius 1 is 1.40 bits per heavy atom. The minimum Gasteiger partial charge on any atom is -0.477 e. The molecule has 102 valence electrons. The number of anilines is 1. The van der Waals surface area contributed by atoms with E-state index in [2.05, 4.69) is 15.3 Å². The SMILES string of the molecule is Cc1nc(/C=C/C(=O)Nc2ccc(C(=O)O)nc2)cs1. The van der Waals surface area contributed by atoms with E-state index in [9.17, 15) is 9.59 Å². The summed E-state index contributed by atoms with van der Waals surface area (Å²) in [5, 5.41) is 14.1. The van der Waals surface area contributed by atoms with Gasteiger partial charge >= 0.3 is 5.97 Å². The molecule has 2 rings (SSSR count). The molecule has 20 heavy (non-hydrogen) atoms. The van der Waals surface area contributed by atoms with Crippen LogP contribution in [0.3, 0.4) is 0 Å². The smallest absolute Gasteiger partial charge is 0.354 e. The highest BCUT2D eigenvalue weighted by molar-refractivity contribution is 7.09. The van der Waals surface area contributed by atoms with Crippen LogP contribution in [0, 0.1) is 6.92 Å². The molecule has 0 atom stereocenters. The summed E-state index contributed by atoms with van der Waals surface area (Å²) in [5.74, 6) is -1.44. The van der Waals surface area contributed by atoms with Crippen LogP contribution in [0.2, 0.25) is 0 Å². The van der Waals surface area contributed by atoms with E-state index in [4.69, 9.17) is 5.11 Å². The van der Waals surface area contributed by atoms with E-state index in [1.165, 1.54) is 35.7 Å². The number of thiazole rings is 1. The van der Waals surface area contributed by atoms with E-state index in [1.54, 1.807) is 6.08 Å². The fraction of sp³-hybridized carbons (Fsp3) is 0.0769. The molecule has 2 N–H and O–H groups in total. The van der Waals surface area contributed by atoms with Crippen molar-refractivity contribution < 1.29 is 14.7 Å². The van der Waals surface area contributed by atoms with Crippen molar-refractivity contribution in [2.24, 2.45) is 0 Å². The molecule has 0 saturated heterocycles. The molecule has 0 aliphatic heterocycles. The number of carboxylic acids is 1. The molecule has 1 amide bonds. The number of nitrogens with one attached hydrogen (secondary N) is 1. The molecule has 0 aliphatic carbocycles. The Bertz CT molecular complexity index is 662. The number of carbonyl (C=O) groups excluding carboxylic acids is 1. The number of carboxylic acid groups (broad SMARTS) is 1. The van der Waals surface area contributed by atoms with Crippen molar-refractivity contribution in [1.82, 2.24) is 9.97 Å². The van der Waals surface area contributed by atoms with E-state index in [-0.39, 0.29) is 11.6 Å². The lowest BCUT2D eigenvalue weighted by molar-refractivity contribution is -0.111. The van der Waals surface area contributed by atoms with Crippen LogP contribution in [-0.4, -0.2) is 27.0 Å². The molecule has 2 aromatic rings. The Balaban J connectivity index is 1.97. The molecule has 0 radical (unpaired) electrons. The highest BCUT2D eigenvalue weighted by atomic mass is 32.1. The third-order valence-electron chi connectivity index (χ3n) is 2.29. The highest BCUT2D eigenvalue weighted by Gasteiger charge is 2.04. The first-order chi connectivity index (χ1) is 9.54. The van der Waals surface area contributed by atoms with Gasteiger partial charge in [-0.2, -0.15) is 0 Å². The second-order valence-electron chi connectivity index (χ2n) is 3.85. The van der Waals surface area contributed by atoms with Crippen molar-refractivity contribution in [3.05, 3.63) is 46.2 Å². The number of hydrogen-bond acceptors (Lipinski definition) is 5. The Morgan fingerprint density at radius 2 is 2.20 bits per heavy atom. The molecule has 0 saturated carbocycles. The minimum absolute atomic E-state index is 0.0727.